The van der Waals surface area contributed by atoms with E-state index in [4.69, 9.17) is 5.11 Å². The zero-order chi connectivity index (χ0) is 13.3. The van der Waals surface area contributed by atoms with E-state index in [-0.39, 0.29) is 12.3 Å². The van der Waals surface area contributed by atoms with Gasteiger partial charge in [0.25, 0.3) is 0 Å². The molecule has 0 aromatic heterocycles. The molecule has 0 aromatic carbocycles. The number of carbonyl (C=O) groups excluding carboxylic acids is 1. The summed E-state index contributed by atoms with van der Waals surface area (Å²) in [5.74, 6) is -0.777. The second kappa shape index (κ2) is 8.98. The summed E-state index contributed by atoms with van der Waals surface area (Å²) < 4.78 is 0. The van der Waals surface area contributed by atoms with Crippen LogP contribution in [0.4, 0.5) is 0 Å². The van der Waals surface area contributed by atoms with Gasteiger partial charge < -0.3 is 14.9 Å². The molecule has 0 aromatic rings. The molecule has 0 aliphatic rings. The Morgan fingerprint density at radius 1 is 1.06 bits per heavy atom. The molecule has 0 bridgehead atoms. The van der Waals surface area contributed by atoms with Gasteiger partial charge >= 0.3 is 5.97 Å². The van der Waals surface area contributed by atoms with Gasteiger partial charge in [0.1, 0.15) is 0 Å². The monoisotopic (exact) mass is 244 g/mol. The van der Waals surface area contributed by atoms with Gasteiger partial charge in [-0.3, -0.25) is 9.59 Å². The number of nitrogens with zero attached hydrogens (tertiary/aromatic N) is 2. The van der Waals surface area contributed by atoms with Crippen LogP contribution in [0.1, 0.15) is 32.6 Å². The van der Waals surface area contributed by atoms with Gasteiger partial charge in [-0.2, -0.15) is 0 Å². The minimum atomic E-state index is -0.839. The van der Waals surface area contributed by atoms with Gasteiger partial charge in [0.05, 0.1) is 0 Å². The number of amides is 1. The van der Waals surface area contributed by atoms with Gasteiger partial charge in [-0.05, 0) is 40.4 Å². The smallest absolute Gasteiger partial charge is 0.303 e. The minimum Gasteiger partial charge on any atom is -0.481 e. The Hall–Kier alpha value is -1.10. The average Bonchev–Trinajstić information content (AvgIpc) is 2.23. The summed E-state index contributed by atoms with van der Waals surface area (Å²) in [6.07, 6.45) is 1.78. The van der Waals surface area contributed by atoms with Crippen molar-refractivity contribution in [1.29, 1.82) is 0 Å². The Labute approximate surface area is 103 Å². The third-order valence-electron chi connectivity index (χ3n) is 2.55. The summed E-state index contributed by atoms with van der Waals surface area (Å²) in [5.41, 5.74) is 0. The van der Waals surface area contributed by atoms with Crippen molar-refractivity contribution in [3.63, 3.8) is 0 Å². The Balaban J connectivity index is 3.83. The van der Waals surface area contributed by atoms with E-state index >= 15 is 0 Å². The van der Waals surface area contributed by atoms with E-state index in [1.165, 1.54) is 0 Å². The number of rotatable bonds is 9. The normalized spacial score (nSPS) is 10.6. The number of hydrogen-bond acceptors (Lipinski definition) is 3. The highest BCUT2D eigenvalue weighted by Crippen LogP contribution is 2.02. The van der Waals surface area contributed by atoms with Gasteiger partial charge in [0.15, 0.2) is 0 Å². The number of hydrogen-bond donors (Lipinski definition) is 1. The first-order valence-electron chi connectivity index (χ1n) is 6.11. The van der Waals surface area contributed by atoms with Crippen molar-refractivity contribution in [2.24, 2.45) is 0 Å². The SMILES string of the molecule is CCN(CCCN(C)C)C(=O)CCCC(=O)O. The third-order valence-corrected chi connectivity index (χ3v) is 2.55. The van der Waals surface area contributed by atoms with E-state index in [2.05, 4.69) is 4.90 Å². The van der Waals surface area contributed by atoms with E-state index in [1.54, 1.807) is 4.90 Å². The maximum atomic E-state index is 11.8. The molecule has 0 rings (SSSR count). The first-order chi connectivity index (χ1) is 7.97. The summed E-state index contributed by atoms with van der Waals surface area (Å²) in [4.78, 5) is 26.0. The highest BCUT2D eigenvalue weighted by atomic mass is 16.4. The molecule has 0 fully saturated rings. The largest absolute Gasteiger partial charge is 0.481 e. The highest BCUT2D eigenvalue weighted by molar-refractivity contribution is 5.76. The molecule has 0 saturated heterocycles. The lowest BCUT2D eigenvalue weighted by Gasteiger charge is -2.21. The number of carboxylic acid groups (broad SMARTS) is 1. The summed E-state index contributed by atoms with van der Waals surface area (Å²) in [5, 5.41) is 8.49. The van der Waals surface area contributed by atoms with Crippen LogP contribution in [0.3, 0.4) is 0 Å². The van der Waals surface area contributed by atoms with E-state index in [0.29, 0.717) is 19.4 Å². The molecule has 0 radical (unpaired) electrons. The molecule has 17 heavy (non-hydrogen) atoms. The third kappa shape index (κ3) is 8.68. The summed E-state index contributed by atoms with van der Waals surface area (Å²) in [6.45, 7) is 4.35. The van der Waals surface area contributed by atoms with Crippen LogP contribution in [0.5, 0.6) is 0 Å². The molecule has 0 atom stereocenters. The fourth-order valence-corrected chi connectivity index (χ4v) is 1.59. The number of carbonyl (C=O) groups is 2. The maximum Gasteiger partial charge on any atom is 0.303 e. The van der Waals surface area contributed by atoms with Gasteiger partial charge in [-0.15, -0.1) is 0 Å². The second-order valence-corrected chi connectivity index (χ2v) is 4.38. The van der Waals surface area contributed by atoms with E-state index in [9.17, 15) is 9.59 Å². The molecule has 0 unspecified atom stereocenters. The standard InChI is InChI=1S/C12H24N2O3/c1-4-14(10-6-9-13(2)3)11(15)7-5-8-12(16)17/h4-10H2,1-3H3,(H,16,17). The molecule has 0 aliphatic carbocycles. The van der Waals surface area contributed by atoms with Crippen molar-refractivity contribution < 1.29 is 14.7 Å². The Morgan fingerprint density at radius 3 is 2.18 bits per heavy atom. The van der Waals surface area contributed by atoms with Crippen molar-refractivity contribution >= 4 is 11.9 Å². The van der Waals surface area contributed by atoms with Crippen molar-refractivity contribution in [3.8, 4) is 0 Å². The van der Waals surface area contributed by atoms with Crippen LogP contribution in [0.25, 0.3) is 0 Å². The fourth-order valence-electron chi connectivity index (χ4n) is 1.59. The topological polar surface area (TPSA) is 60.9 Å². The fraction of sp³-hybridized carbons (Fsp3) is 0.833. The molecular weight excluding hydrogens is 220 g/mol. The first kappa shape index (κ1) is 15.9. The molecule has 0 saturated carbocycles. The van der Waals surface area contributed by atoms with Crippen LogP contribution in [0.2, 0.25) is 0 Å². The lowest BCUT2D eigenvalue weighted by atomic mass is 10.2. The molecule has 5 heteroatoms. The zero-order valence-electron chi connectivity index (χ0n) is 11.1. The van der Waals surface area contributed by atoms with Crippen LogP contribution in [-0.4, -0.2) is 60.5 Å². The van der Waals surface area contributed by atoms with Crippen LogP contribution < -0.4 is 0 Å². The van der Waals surface area contributed by atoms with Crippen molar-refractivity contribution in [3.05, 3.63) is 0 Å². The maximum absolute atomic E-state index is 11.8. The molecule has 1 N–H and O–H groups in total. The molecule has 1 amide bonds. The predicted molar refractivity (Wildman–Crippen MR) is 66.9 cm³/mol. The minimum absolute atomic E-state index is 0.0625. The molecule has 0 aliphatic heterocycles. The average molecular weight is 244 g/mol. The molecular formula is C12H24N2O3. The highest BCUT2D eigenvalue weighted by Gasteiger charge is 2.11. The zero-order valence-corrected chi connectivity index (χ0v) is 11.1. The molecule has 100 valence electrons. The van der Waals surface area contributed by atoms with Crippen molar-refractivity contribution in [1.82, 2.24) is 9.80 Å². The van der Waals surface area contributed by atoms with Gasteiger partial charge in [-0.25, -0.2) is 0 Å². The second-order valence-electron chi connectivity index (χ2n) is 4.38. The molecule has 0 spiro atoms. The summed E-state index contributed by atoms with van der Waals surface area (Å²) in [6, 6.07) is 0. The first-order valence-corrected chi connectivity index (χ1v) is 6.11. The number of aliphatic carboxylic acids is 1. The van der Waals surface area contributed by atoms with Crippen LogP contribution in [0, 0.1) is 0 Å². The number of carboxylic acids is 1. The van der Waals surface area contributed by atoms with Crippen molar-refractivity contribution in [2.45, 2.75) is 32.6 Å². The van der Waals surface area contributed by atoms with E-state index in [0.717, 1.165) is 19.5 Å². The van der Waals surface area contributed by atoms with E-state index < -0.39 is 5.97 Å². The van der Waals surface area contributed by atoms with Crippen LogP contribution in [-0.2, 0) is 9.59 Å². The summed E-state index contributed by atoms with van der Waals surface area (Å²) in [7, 11) is 4.01. The van der Waals surface area contributed by atoms with Gasteiger partial charge in [0.2, 0.25) is 5.91 Å². The summed E-state index contributed by atoms with van der Waals surface area (Å²) >= 11 is 0. The molecule has 5 nitrogen and oxygen atoms in total. The van der Waals surface area contributed by atoms with Gasteiger partial charge in [0, 0.05) is 25.9 Å². The predicted octanol–water partition coefficient (Wildman–Crippen LogP) is 1.04. The Bertz CT molecular complexity index is 242. The lowest BCUT2D eigenvalue weighted by molar-refractivity contribution is -0.137. The van der Waals surface area contributed by atoms with Crippen molar-refractivity contribution in [2.75, 3.05) is 33.7 Å². The Morgan fingerprint density at radius 2 is 1.71 bits per heavy atom. The lowest BCUT2D eigenvalue weighted by Crippen LogP contribution is -2.33. The van der Waals surface area contributed by atoms with Gasteiger partial charge in [-0.1, -0.05) is 0 Å². The van der Waals surface area contributed by atoms with Crippen LogP contribution >= 0.6 is 0 Å². The quantitative estimate of drug-likeness (QED) is 0.658. The van der Waals surface area contributed by atoms with E-state index in [1.807, 2.05) is 21.0 Å². The Kier molecular flexibility index (Phi) is 8.40. The van der Waals surface area contributed by atoms with Crippen LogP contribution in [0.15, 0.2) is 0 Å². The molecule has 0 heterocycles.